The third kappa shape index (κ3) is 3.35. The maximum absolute atomic E-state index is 5.36. The smallest absolute Gasteiger partial charge is 0.0242 e. The zero-order valence-electron chi connectivity index (χ0n) is 10.7. The summed E-state index contributed by atoms with van der Waals surface area (Å²) in [5, 5.41) is 0. The molecular formula is C16H21N. The Morgan fingerprint density at radius 2 is 1.82 bits per heavy atom. The van der Waals surface area contributed by atoms with Crippen molar-refractivity contribution in [3.05, 3.63) is 35.4 Å². The van der Waals surface area contributed by atoms with E-state index >= 15 is 0 Å². The van der Waals surface area contributed by atoms with Crippen LogP contribution < -0.4 is 0 Å². The predicted octanol–water partition coefficient (Wildman–Crippen LogP) is 3.43. The van der Waals surface area contributed by atoms with Crippen LogP contribution in [0.25, 0.3) is 0 Å². The maximum atomic E-state index is 5.36. The van der Waals surface area contributed by atoms with Crippen molar-refractivity contribution in [3.63, 3.8) is 0 Å². The third-order valence-electron chi connectivity index (χ3n) is 3.75. The van der Waals surface area contributed by atoms with Gasteiger partial charge in [-0.05, 0) is 37.6 Å². The topological polar surface area (TPSA) is 3.24 Å². The molecule has 0 bridgehead atoms. The van der Waals surface area contributed by atoms with E-state index in [0.717, 1.165) is 18.2 Å². The van der Waals surface area contributed by atoms with Crippen molar-refractivity contribution in [3.8, 4) is 12.3 Å². The molecule has 1 nitrogen and oxygen atoms in total. The summed E-state index contributed by atoms with van der Waals surface area (Å²) in [5.74, 6) is 2.66. The highest BCUT2D eigenvalue weighted by atomic mass is 15.1. The van der Waals surface area contributed by atoms with Crippen molar-refractivity contribution in [2.75, 3.05) is 7.05 Å². The van der Waals surface area contributed by atoms with Gasteiger partial charge in [-0.3, -0.25) is 4.90 Å². The highest BCUT2D eigenvalue weighted by Crippen LogP contribution is 2.22. The lowest BCUT2D eigenvalue weighted by Crippen LogP contribution is -2.32. The summed E-state index contributed by atoms with van der Waals surface area (Å²) >= 11 is 0. The number of hydrogen-bond acceptors (Lipinski definition) is 1. The number of benzene rings is 1. The Hall–Kier alpha value is -1.26. The summed E-state index contributed by atoms with van der Waals surface area (Å²) in [4.78, 5) is 2.49. The predicted molar refractivity (Wildman–Crippen MR) is 72.7 cm³/mol. The lowest BCUT2D eigenvalue weighted by Gasteiger charge is -2.31. The molecule has 17 heavy (non-hydrogen) atoms. The first kappa shape index (κ1) is 12.2. The standard InChI is InChI=1S/C16H21N/c1-3-14-9-11-15(12-10-14)13-17(2)16-7-5-4-6-8-16/h1,9-12,16H,4-8,13H2,2H3. The Bertz CT molecular complexity index is 379. The van der Waals surface area contributed by atoms with Gasteiger partial charge in [0.1, 0.15) is 0 Å². The Labute approximate surface area is 105 Å². The Morgan fingerprint density at radius 3 is 2.41 bits per heavy atom. The minimum atomic E-state index is 0.774. The van der Waals surface area contributed by atoms with E-state index in [1.54, 1.807) is 0 Å². The SMILES string of the molecule is C#Cc1ccc(CN(C)C2CCCCC2)cc1. The van der Waals surface area contributed by atoms with Crippen LogP contribution in [-0.2, 0) is 6.54 Å². The quantitative estimate of drug-likeness (QED) is 0.715. The van der Waals surface area contributed by atoms with Crippen molar-refractivity contribution < 1.29 is 0 Å². The van der Waals surface area contributed by atoms with Crippen LogP contribution in [0.3, 0.4) is 0 Å². The van der Waals surface area contributed by atoms with Crippen molar-refractivity contribution in [2.45, 2.75) is 44.7 Å². The van der Waals surface area contributed by atoms with Gasteiger partial charge in [0.25, 0.3) is 0 Å². The van der Waals surface area contributed by atoms with Crippen molar-refractivity contribution in [2.24, 2.45) is 0 Å². The number of hydrogen-bond donors (Lipinski definition) is 0. The summed E-state index contributed by atoms with van der Waals surface area (Å²) in [6, 6.07) is 9.13. The molecule has 0 spiro atoms. The molecule has 0 heterocycles. The molecule has 0 aliphatic heterocycles. The van der Waals surface area contributed by atoms with Crippen LogP contribution in [0.5, 0.6) is 0 Å². The highest BCUT2D eigenvalue weighted by Gasteiger charge is 2.17. The van der Waals surface area contributed by atoms with E-state index in [4.69, 9.17) is 6.42 Å². The highest BCUT2D eigenvalue weighted by molar-refractivity contribution is 5.34. The van der Waals surface area contributed by atoms with Gasteiger partial charge in [-0.15, -0.1) is 6.42 Å². The summed E-state index contributed by atoms with van der Waals surface area (Å²) in [7, 11) is 2.24. The molecule has 0 saturated heterocycles. The van der Waals surface area contributed by atoms with Crippen LogP contribution in [0.2, 0.25) is 0 Å². The molecule has 1 aliphatic rings. The second kappa shape index (κ2) is 5.89. The summed E-state index contributed by atoms with van der Waals surface area (Å²) in [5.41, 5.74) is 2.33. The monoisotopic (exact) mass is 227 g/mol. The van der Waals surface area contributed by atoms with Crippen LogP contribution in [0, 0.1) is 12.3 Å². The minimum absolute atomic E-state index is 0.774. The van der Waals surface area contributed by atoms with Crippen molar-refractivity contribution >= 4 is 0 Å². The van der Waals surface area contributed by atoms with Gasteiger partial charge in [0.05, 0.1) is 0 Å². The van der Waals surface area contributed by atoms with Crippen LogP contribution in [0.4, 0.5) is 0 Å². The molecule has 2 rings (SSSR count). The van der Waals surface area contributed by atoms with Crippen LogP contribution in [0.15, 0.2) is 24.3 Å². The number of rotatable bonds is 3. The van der Waals surface area contributed by atoms with Gasteiger partial charge in [-0.25, -0.2) is 0 Å². The van der Waals surface area contributed by atoms with Gasteiger partial charge in [-0.2, -0.15) is 0 Å². The van der Waals surface area contributed by atoms with E-state index in [1.165, 1.54) is 37.7 Å². The Kier molecular flexibility index (Phi) is 4.23. The van der Waals surface area contributed by atoms with Gasteiger partial charge >= 0.3 is 0 Å². The van der Waals surface area contributed by atoms with Gasteiger partial charge in [0.2, 0.25) is 0 Å². The van der Waals surface area contributed by atoms with Crippen LogP contribution >= 0.6 is 0 Å². The maximum Gasteiger partial charge on any atom is 0.0242 e. The fourth-order valence-electron chi connectivity index (χ4n) is 2.65. The van der Waals surface area contributed by atoms with E-state index < -0.39 is 0 Å². The van der Waals surface area contributed by atoms with Crippen molar-refractivity contribution in [1.82, 2.24) is 4.90 Å². The first-order chi connectivity index (χ1) is 8.29. The molecular weight excluding hydrogens is 206 g/mol. The Balaban J connectivity index is 1.92. The fraction of sp³-hybridized carbons (Fsp3) is 0.500. The summed E-state index contributed by atoms with van der Waals surface area (Å²) < 4.78 is 0. The van der Waals surface area contributed by atoms with E-state index in [0.29, 0.717) is 0 Å². The Morgan fingerprint density at radius 1 is 1.18 bits per heavy atom. The van der Waals surface area contributed by atoms with E-state index in [9.17, 15) is 0 Å². The van der Waals surface area contributed by atoms with E-state index in [2.05, 4.69) is 30.0 Å². The lowest BCUT2D eigenvalue weighted by molar-refractivity contribution is 0.184. The summed E-state index contributed by atoms with van der Waals surface area (Å²) in [6.07, 6.45) is 12.3. The van der Waals surface area contributed by atoms with Gasteiger partial charge in [0.15, 0.2) is 0 Å². The first-order valence-electron chi connectivity index (χ1n) is 6.55. The average Bonchev–Trinajstić information content (AvgIpc) is 2.40. The van der Waals surface area contributed by atoms with Crippen LogP contribution in [0.1, 0.15) is 43.2 Å². The zero-order chi connectivity index (χ0) is 12.1. The molecule has 0 aromatic heterocycles. The lowest BCUT2D eigenvalue weighted by atomic mass is 9.94. The third-order valence-corrected chi connectivity index (χ3v) is 3.75. The minimum Gasteiger partial charge on any atom is -0.299 e. The molecule has 1 aromatic rings. The van der Waals surface area contributed by atoms with Crippen molar-refractivity contribution in [1.29, 1.82) is 0 Å². The normalized spacial score (nSPS) is 17.0. The molecule has 0 amide bonds. The molecule has 1 aliphatic carbocycles. The number of terminal acetylenes is 1. The fourth-order valence-corrected chi connectivity index (χ4v) is 2.65. The summed E-state index contributed by atoms with van der Waals surface area (Å²) in [6.45, 7) is 1.04. The molecule has 0 N–H and O–H groups in total. The molecule has 90 valence electrons. The average molecular weight is 227 g/mol. The second-order valence-corrected chi connectivity index (χ2v) is 5.05. The molecule has 0 unspecified atom stereocenters. The number of nitrogens with zero attached hydrogens (tertiary/aromatic N) is 1. The van der Waals surface area contributed by atoms with E-state index in [1.807, 2.05) is 12.1 Å². The van der Waals surface area contributed by atoms with Gasteiger partial charge in [0, 0.05) is 18.2 Å². The zero-order valence-corrected chi connectivity index (χ0v) is 10.7. The second-order valence-electron chi connectivity index (χ2n) is 5.05. The van der Waals surface area contributed by atoms with Gasteiger partial charge < -0.3 is 0 Å². The largest absolute Gasteiger partial charge is 0.299 e. The molecule has 1 fully saturated rings. The molecule has 1 saturated carbocycles. The van der Waals surface area contributed by atoms with Gasteiger partial charge in [-0.1, -0.05) is 37.3 Å². The van der Waals surface area contributed by atoms with E-state index in [-0.39, 0.29) is 0 Å². The molecule has 0 atom stereocenters. The molecule has 0 radical (unpaired) electrons. The first-order valence-corrected chi connectivity index (χ1v) is 6.55. The molecule has 1 aromatic carbocycles. The van der Waals surface area contributed by atoms with Crippen LogP contribution in [-0.4, -0.2) is 18.0 Å². The molecule has 1 heteroatoms.